The number of benzene rings is 1. The van der Waals surface area contributed by atoms with Gasteiger partial charge in [0.25, 0.3) is 5.91 Å². The summed E-state index contributed by atoms with van der Waals surface area (Å²) in [5.41, 5.74) is 0.499. The monoisotopic (exact) mass is 386 g/mol. The predicted molar refractivity (Wildman–Crippen MR) is 102 cm³/mol. The number of carbonyl (C=O) groups excluding carboxylic acids is 1. The Labute approximate surface area is 164 Å². The molecule has 0 unspecified atom stereocenters. The number of hydrogen-bond acceptors (Lipinski definition) is 7. The van der Waals surface area contributed by atoms with Gasteiger partial charge in [0.15, 0.2) is 17.3 Å². The van der Waals surface area contributed by atoms with Crippen LogP contribution in [0.5, 0.6) is 11.5 Å². The first-order valence-electron chi connectivity index (χ1n) is 9.76. The van der Waals surface area contributed by atoms with Gasteiger partial charge in [-0.3, -0.25) is 4.79 Å². The molecule has 1 aromatic heterocycles. The van der Waals surface area contributed by atoms with Crippen LogP contribution in [0.3, 0.4) is 0 Å². The Bertz CT molecular complexity index is 825. The Hall–Kier alpha value is -2.61. The SMILES string of the molecule is COc1cc(C(=O)NCc2noc(C3CC3)n2)ccc1OC1CCN(C)CC1. The summed E-state index contributed by atoms with van der Waals surface area (Å²) >= 11 is 0. The molecule has 1 saturated carbocycles. The maximum absolute atomic E-state index is 12.5. The maximum atomic E-state index is 12.5. The number of rotatable bonds is 7. The number of hydrogen-bond donors (Lipinski definition) is 1. The van der Waals surface area contributed by atoms with Crippen molar-refractivity contribution in [2.75, 3.05) is 27.2 Å². The smallest absolute Gasteiger partial charge is 0.251 e. The molecule has 8 nitrogen and oxygen atoms in total. The van der Waals surface area contributed by atoms with Crippen molar-refractivity contribution >= 4 is 5.91 Å². The van der Waals surface area contributed by atoms with E-state index in [-0.39, 0.29) is 18.6 Å². The van der Waals surface area contributed by atoms with Crippen molar-refractivity contribution in [3.05, 3.63) is 35.5 Å². The van der Waals surface area contributed by atoms with E-state index >= 15 is 0 Å². The number of piperidine rings is 1. The molecule has 2 heterocycles. The fraction of sp³-hybridized carbons (Fsp3) is 0.550. The summed E-state index contributed by atoms with van der Waals surface area (Å²) in [5.74, 6) is 2.56. The van der Waals surface area contributed by atoms with Crippen molar-refractivity contribution in [1.82, 2.24) is 20.4 Å². The van der Waals surface area contributed by atoms with Crippen LogP contribution in [0.25, 0.3) is 0 Å². The molecule has 2 aromatic rings. The zero-order valence-electron chi connectivity index (χ0n) is 16.3. The molecule has 0 spiro atoms. The summed E-state index contributed by atoms with van der Waals surface area (Å²) < 4.78 is 16.8. The van der Waals surface area contributed by atoms with Crippen LogP contribution in [0.1, 0.15) is 53.7 Å². The lowest BCUT2D eigenvalue weighted by Crippen LogP contribution is -2.35. The molecule has 1 aliphatic heterocycles. The minimum Gasteiger partial charge on any atom is -0.493 e. The summed E-state index contributed by atoms with van der Waals surface area (Å²) in [4.78, 5) is 19.1. The van der Waals surface area contributed by atoms with E-state index in [2.05, 4.69) is 27.4 Å². The van der Waals surface area contributed by atoms with Gasteiger partial charge in [-0.25, -0.2) is 0 Å². The van der Waals surface area contributed by atoms with E-state index in [4.69, 9.17) is 14.0 Å². The van der Waals surface area contributed by atoms with Gasteiger partial charge in [-0.05, 0) is 50.9 Å². The van der Waals surface area contributed by atoms with Crippen LogP contribution in [0, 0.1) is 0 Å². The van der Waals surface area contributed by atoms with Crippen LogP contribution < -0.4 is 14.8 Å². The Morgan fingerprint density at radius 2 is 2.04 bits per heavy atom. The first-order valence-corrected chi connectivity index (χ1v) is 9.76. The number of methoxy groups -OCH3 is 1. The van der Waals surface area contributed by atoms with Gasteiger partial charge < -0.3 is 24.2 Å². The Balaban J connectivity index is 1.36. The predicted octanol–water partition coefficient (Wildman–Crippen LogP) is 2.36. The second kappa shape index (κ2) is 8.18. The summed E-state index contributed by atoms with van der Waals surface area (Å²) in [6, 6.07) is 5.24. The minimum atomic E-state index is -0.220. The highest BCUT2D eigenvalue weighted by Crippen LogP contribution is 2.38. The Morgan fingerprint density at radius 3 is 2.75 bits per heavy atom. The number of aromatic nitrogens is 2. The standard InChI is InChI=1S/C20H26N4O4/c1-24-9-7-15(8-10-24)27-16-6-5-14(11-17(16)26-2)19(25)21-12-18-22-20(28-23-18)13-3-4-13/h5-6,11,13,15H,3-4,7-10,12H2,1-2H3,(H,21,25). The van der Waals surface area contributed by atoms with Crippen LogP contribution in [-0.4, -0.2) is 54.3 Å². The average molecular weight is 386 g/mol. The highest BCUT2D eigenvalue weighted by Gasteiger charge is 2.29. The molecule has 2 fully saturated rings. The first kappa shape index (κ1) is 18.7. The maximum Gasteiger partial charge on any atom is 0.251 e. The number of likely N-dealkylation sites (tertiary alicyclic amines) is 1. The van der Waals surface area contributed by atoms with E-state index in [1.54, 1.807) is 25.3 Å². The van der Waals surface area contributed by atoms with E-state index in [1.807, 2.05) is 0 Å². The number of ether oxygens (including phenoxy) is 2. The van der Waals surface area contributed by atoms with Gasteiger partial charge in [-0.15, -0.1) is 0 Å². The van der Waals surface area contributed by atoms with Gasteiger partial charge in [-0.2, -0.15) is 4.98 Å². The zero-order chi connectivity index (χ0) is 19.5. The molecule has 1 saturated heterocycles. The lowest BCUT2D eigenvalue weighted by Gasteiger charge is -2.29. The van der Waals surface area contributed by atoms with Crippen molar-refractivity contribution in [2.45, 2.75) is 44.2 Å². The van der Waals surface area contributed by atoms with E-state index in [0.717, 1.165) is 38.8 Å². The van der Waals surface area contributed by atoms with Crippen LogP contribution >= 0.6 is 0 Å². The molecule has 150 valence electrons. The van der Waals surface area contributed by atoms with Crippen LogP contribution in [-0.2, 0) is 6.54 Å². The fourth-order valence-corrected chi connectivity index (χ4v) is 3.29. The summed E-state index contributed by atoms with van der Waals surface area (Å²) in [5, 5.41) is 6.73. The molecule has 4 rings (SSSR count). The van der Waals surface area contributed by atoms with Crippen LogP contribution in [0.2, 0.25) is 0 Å². The van der Waals surface area contributed by atoms with Crippen molar-refractivity contribution in [3.8, 4) is 11.5 Å². The summed E-state index contributed by atoms with van der Waals surface area (Å²) in [6.45, 7) is 2.27. The molecule has 0 atom stereocenters. The van der Waals surface area contributed by atoms with Gasteiger partial charge in [0.2, 0.25) is 5.89 Å². The van der Waals surface area contributed by atoms with Gasteiger partial charge in [0.05, 0.1) is 13.7 Å². The van der Waals surface area contributed by atoms with Gasteiger partial charge in [-0.1, -0.05) is 5.16 Å². The van der Waals surface area contributed by atoms with Crippen molar-refractivity contribution in [3.63, 3.8) is 0 Å². The molecule has 8 heteroatoms. The zero-order valence-corrected chi connectivity index (χ0v) is 16.3. The molecular formula is C20H26N4O4. The number of nitrogens with zero attached hydrogens (tertiary/aromatic N) is 3. The quantitative estimate of drug-likeness (QED) is 0.781. The molecule has 0 bridgehead atoms. The topological polar surface area (TPSA) is 89.7 Å². The van der Waals surface area contributed by atoms with Crippen LogP contribution in [0.4, 0.5) is 0 Å². The molecular weight excluding hydrogens is 360 g/mol. The van der Waals surface area contributed by atoms with Crippen molar-refractivity contribution < 1.29 is 18.8 Å². The van der Waals surface area contributed by atoms with Gasteiger partial charge in [0.1, 0.15) is 6.10 Å². The minimum absolute atomic E-state index is 0.170. The second-order valence-corrected chi connectivity index (χ2v) is 7.49. The van der Waals surface area contributed by atoms with Crippen molar-refractivity contribution in [2.24, 2.45) is 0 Å². The average Bonchev–Trinajstić information content (AvgIpc) is 3.46. The highest BCUT2D eigenvalue weighted by molar-refractivity contribution is 5.94. The van der Waals surface area contributed by atoms with E-state index in [1.165, 1.54) is 0 Å². The van der Waals surface area contributed by atoms with Crippen LogP contribution in [0.15, 0.2) is 22.7 Å². The normalized spacial score (nSPS) is 18.1. The third kappa shape index (κ3) is 4.44. The van der Waals surface area contributed by atoms with Gasteiger partial charge >= 0.3 is 0 Å². The Kier molecular flexibility index (Phi) is 5.47. The van der Waals surface area contributed by atoms with Gasteiger partial charge in [0, 0.05) is 24.6 Å². The Morgan fingerprint density at radius 1 is 1.25 bits per heavy atom. The van der Waals surface area contributed by atoms with E-state index in [9.17, 15) is 4.79 Å². The molecule has 1 amide bonds. The van der Waals surface area contributed by atoms with E-state index < -0.39 is 0 Å². The number of nitrogens with one attached hydrogen (secondary N) is 1. The highest BCUT2D eigenvalue weighted by atomic mass is 16.5. The molecule has 1 aliphatic carbocycles. The molecule has 0 radical (unpaired) electrons. The summed E-state index contributed by atoms with van der Waals surface area (Å²) in [7, 11) is 3.70. The van der Waals surface area contributed by atoms with E-state index in [0.29, 0.717) is 34.7 Å². The third-order valence-electron chi connectivity index (χ3n) is 5.20. The summed E-state index contributed by atoms with van der Waals surface area (Å²) in [6.07, 6.45) is 4.33. The molecule has 28 heavy (non-hydrogen) atoms. The molecule has 2 aliphatic rings. The first-order chi connectivity index (χ1) is 13.6. The fourth-order valence-electron chi connectivity index (χ4n) is 3.29. The number of amides is 1. The van der Waals surface area contributed by atoms with Crippen molar-refractivity contribution in [1.29, 1.82) is 0 Å². The lowest BCUT2D eigenvalue weighted by atomic mass is 10.1. The second-order valence-electron chi connectivity index (χ2n) is 7.49. The molecule has 1 aromatic carbocycles. The lowest BCUT2D eigenvalue weighted by molar-refractivity contribution is 0.0948. The number of carbonyl (C=O) groups is 1. The third-order valence-corrected chi connectivity index (χ3v) is 5.20. The largest absolute Gasteiger partial charge is 0.493 e. The molecule has 1 N–H and O–H groups in total.